The van der Waals surface area contributed by atoms with Crippen LogP contribution < -0.4 is 16.2 Å². The van der Waals surface area contributed by atoms with Gasteiger partial charge in [0.1, 0.15) is 6.10 Å². The average Bonchev–Trinajstić information content (AvgIpc) is 2.92. The molecular formula is C33H62N4O6. The number of rotatable bonds is 16. The van der Waals surface area contributed by atoms with Gasteiger partial charge in [0.15, 0.2) is 11.5 Å². The Morgan fingerprint density at radius 3 is 2.19 bits per heavy atom. The predicted octanol–water partition coefficient (Wildman–Crippen LogP) is 6.19. The SMILES string of the molecule is CCCCCCCCCN(CC(C)(C)C)C(=O)NNC1(OC(=O)CCNC(=O)C2OC(C)(C)OCC2(C)C)CCCCC1. The van der Waals surface area contributed by atoms with Gasteiger partial charge in [-0.3, -0.25) is 15.0 Å². The first-order valence-electron chi connectivity index (χ1n) is 16.7. The van der Waals surface area contributed by atoms with E-state index in [2.05, 4.69) is 43.9 Å². The van der Waals surface area contributed by atoms with Crippen LogP contribution in [0.2, 0.25) is 0 Å². The van der Waals surface area contributed by atoms with Crippen molar-refractivity contribution in [1.29, 1.82) is 0 Å². The summed E-state index contributed by atoms with van der Waals surface area (Å²) in [7, 11) is 0. The Kier molecular flexibility index (Phi) is 14.7. The van der Waals surface area contributed by atoms with Gasteiger partial charge in [-0.25, -0.2) is 4.79 Å². The number of hydrogen-bond acceptors (Lipinski definition) is 7. The number of nitrogens with one attached hydrogen (secondary N) is 3. The van der Waals surface area contributed by atoms with Crippen LogP contribution in [0, 0.1) is 10.8 Å². The second-order valence-corrected chi connectivity index (χ2v) is 14.9. The highest BCUT2D eigenvalue weighted by Gasteiger charge is 2.45. The van der Waals surface area contributed by atoms with Gasteiger partial charge >= 0.3 is 12.0 Å². The number of unbranched alkanes of at least 4 members (excludes halogenated alkanes) is 6. The Labute approximate surface area is 261 Å². The van der Waals surface area contributed by atoms with Crippen molar-refractivity contribution in [3.63, 3.8) is 0 Å². The highest BCUT2D eigenvalue weighted by atomic mass is 16.7. The molecule has 2 rings (SSSR count). The van der Waals surface area contributed by atoms with E-state index in [4.69, 9.17) is 14.2 Å². The quantitative estimate of drug-likeness (QED) is 0.0826. The Balaban J connectivity index is 1.89. The van der Waals surface area contributed by atoms with Crippen molar-refractivity contribution in [3.8, 4) is 0 Å². The van der Waals surface area contributed by atoms with Crippen molar-refractivity contribution in [2.75, 3.05) is 26.2 Å². The molecule has 1 saturated carbocycles. The molecule has 0 bridgehead atoms. The number of carbonyl (C=O) groups excluding carboxylic acids is 3. The van der Waals surface area contributed by atoms with Gasteiger partial charge in [-0.1, -0.05) is 86.5 Å². The maximum atomic E-state index is 13.3. The van der Waals surface area contributed by atoms with Crippen LogP contribution in [0.3, 0.4) is 0 Å². The summed E-state index contributed by atoms with van der Waals surface area (Å²) in [6, 6.07) is -0.198. The van der Waals surface area contributed by atoms with E-state index in [1.165, 1.54) is 32.1 Å². The second-order valence-electron chi connectivity index (χ2n) is 14.9. The fraction of sp³-hybridized carbons (Fsp3) is 0.909. The summed E-state index contributed by atoms with van der Waals surface area (Å²) in [6.07, 6.45) is 11.7. The van der Waals surface area contributed by atoms with Crippen molar-refractivity contribution < 1.29 is 28.6 Å². The van der Waals surface area contributed by atoms with E-state index < -0.39 is 29.0 Å². The van der Waals surface area contributed by atoms with Crippen LogP contribution in [0.4, 0.5) is 4.79 Å². The molecule has 0 aromatic heterocycles. The zero-order valence-corrected chi connectivity index (χ0v) is 28.5. The van der Waals surface area contributed by atoms with Gasteiger partial charge in [0.05, 0.1) is 13.0 Å². The number of hydrazine groups is 1. The van der Waals surface area contributed by atoms with E-state index in [1.807, 2.05) is 18.7 Å². The fourth-order valence-electron chi connectivity index (χ4n) is 5.68. The molecule has 10 heteroatoms. The molecule has 1 atom stereocenters. The van der Waals surface area contributed by atoms with E-state index >= 15 is 0 Å². The van der Waals surface area contributed by atoms with E-state index in [9.17, 15) is 14.4 Å². The van der Waals surface area contributed by atoms with E-state index in [0.29, 0.717) is 32.5 Å². The van der Waals surface area contributed by atoms with Gasteiger partial charge in [-0.15, -0.1) is 0 Å². The molecule has 1 aliphatic carbocycles. The first kappa shape index (κ1) is 37.3. The minimum atomic E-state index is -0.961. The van der Waals surface area contributed by atoms with E-state index in [-0.39, 0.29) is 30.3 Å². The molecule has 1 aliphatic heterocycles. The molecule has 250 valence electrons. The number of hydrogen-bond donors (Lipinski definition) is 3. The van der Waals surface area contributed by atoms with Gasteiger partial charge < -0.3 is 24.4 Å². The number of urea groups is 1. The molecule has 1 saturated heterocycles. The molecule has 10 nitrogen and oxygen atoms in total. The topological polar surface area (TPSA) is 118 Å². The first-order chi connectivity index (χ1) is 20.1. The van der Waals surface area contributed by atoms with Crippen molar-refractivity contribution in [2.45, 2.75) is 156 Å². The van der Waals surface area contributed by atoms with Crippen molar-refractivity contribution in [2.24, 2.45) is 10.8 Å². The third-order valence-corrected chi connectivity index (χ3v) is 8.12. The lowest BCUT2D eigenvalue weighted by atomic mass is 9.85. The summed E-state index contributed by atoms with van der Waals surface area (Å²) < 4.78 is 17.6. The van der Waals surface area contributed by atoms with Crippen LogP contribution >= 0.6 is 0 Å². The van der Waals surface area contributed by atoms with Crippen LogP contribution in [0.25, 0.3) is 0 Å². The third-order valence-electron chi connectivity index (χ3n) is 8.12. The molecule has 2 fully saturated rings. The lowest BCUT2D eigenvalue weighted by Gasteiger charge is -2.44. The summed E-state index contributed by atoms with van der Waals surface area (Å²) >= 11 is 0. The summed E-state index contributed by atoms with van der Waals surface area (Å²) in [6.45, 7) is 17.9. The largest absolute Gasteiger partial charge is 0.442 e. The molecule has 0 spiro atoms. The standard InChI is InChI=1S/C33H62N4O6/c1-9-10-11-12-13-14-18-23-37(24-30(2,3)4)29(40)35-36-33(20-16-15-17-21-33)42-26(38)19-22-34-28(39)27-31(5,6)25-41-32(7,8)43-27/h27,36H,9-25H2,1-8H3,(H,34,39)(H,35,40). The highest BCUT2D eigenvalue weighted by molar-refractivity contribution is 5.82. The number of amides is 3. The van der Waals surface area contributed by atoms with Gasteiger partial charge in [0.2, 0.25) is 5.91 Å². The van der Waals surface area contributed by atoms with Crippen molar-refractivity contribution >= 4 is 17.9 Å². The molecule has 2 aliphatic rings. The number of esters is 1. The summed E-state index contributed by atoms with van der Waals surface area (Å²) in [5.41, 5.74) is 4.51. The van der Waals surface area contributed by atoms with Gasteiger partial charge in [0.25, 0.3) is 0 Å². The highest BCUT2D eigenvalue weighted by Crippen LogP contribution is 2.35. The molecule has 0 radical (unpaired) electrons. The Hall–Kier alpha value is -1.91. The molecule has 3 N–H and O–H groups in total. The van der Waals surface area contributed by atoms with E-state index in [0.717, 1.165) is 32.1 Å². The average molecular weight is 611 g/mol. The smallest absolute Gasteiger partial charge is 0.331 e. The first-order valence-corrected chi connectivity index (χ1v) is 16.7. The minimum Gasteiger partial charge on any atom is -0.442 e. The molecule has 43 heavy (non-hydrogen) atoms. The normalized spacial score (nSPS) is 21.1. The molecule has 3 amide bonds. The Bertz CT molecular complexity index is 879. The predicted molar refractivity (Wildman–Crippen MR) is 169 cm³/mol. The van der Waals surface area contributed by atoms with Gasteiger partial charge in [-0.05, 0) is 38.5 Å². The van der Waals surface area contributed by atoms with Crippen molar-refractivity contribution in [1.82, 2.24) is 21.1 Å². The second kappa shape index (κ2) is 17.0. The monoisotopic (exact) mass is 610 g/mol. The van der Waals surface area contributed by atoms with Gasteiger partial charge in [-0.2, -0.15) is 5.43 Å². The number of ether oxygens (including phenoxy) is 3. The van der Waals surface area contributed by atoms with Crippen LogP contribution in [-0.4, -0.2) is 66.7 Å². The lowest BCUT2D eigenvalue weighted by molar-refractivity contribution is -0.304. The number of carbonyl (C=O) groups is 3. The third kappa shape index (κ3) is 13.7. The molecule has 0 aromatic carbocycles. The lowest BCUT2D eigenvalue weighted by Crippen LogP contribution is -2.60. The van der Waals surface area contributed by atoms with Crippen molar-refractivity contribution in [3.05, 3.63) is 0 Å². The van der Waals surface area contributed by atoms with Gasteiger partial charge in [0, 0.05) is 37.9 Å². The van der Waals surface area contributed by atoms with Crippen LogP contribution in [-0.2, 0) is 23.8 Å². The van der Waals surface area contributed by atoms with Crippen LogP contribution in [0.1, 0.15) is 139 Å². The summed E-state index contributed by atoms with van der Waals surface area (Å²) in [5, 5.41) is 2.83. The fourth-order valence-corrected chi connectivity index (χ4v) is 5.68. The zero-order chi connectivity index (χ0) is 32.2. The van der Waals surface area contributed by atoms with E-state index in [1.54, 1.807) is 13.8 Å². The zero-order valence-electron chi connectivity index (χ0n) is 28.5. The Morgan fingerprint density at radius 2 is 1.56 bits per heavy atom. The van der Waals surface area contributed by atoms with Crippen LogP contribution in [0.15, 0.2) is 0 Å². The minimum absolute atomic E-state index is 0.0184. The summed E-state index contributed by atoms with van der Waals surface area (Å²) in [4.78, 5) is 41.1. The maximum Gasteiger partial charge on any atom is 0.331 e. The maximum absolute atomic E-state index is 13.3. The molecular weight excluding hydrogens is 548 g/mol. The summed E-state index contributed by atoms with van der Waals surface area (Å²) in [5.74, 6) is -1.55. The number of nitrogens with zero attached hydrogens (tertiary/aromatic N) is 1. The molecule has 0 aromatic rings. The van der Waals surface area contributed by atoms with Crippen LogP contribution in [0.5, 0.6) is 0 Å². The Morgan fingerprint density at radius 1 is 0.930 bits per heavy atom. The molecule has 1 unspecified atom stereocenters. The molecule has 1 heterocycles.